The van der Waals surface area contributed by atoms with E-state index in [0.29, 0.717) is 0 Å². The van der Waals surface area contributed by atoms with Gasteiger partial charge in [0.2, 0.25) is 0 Å². The number of carbonyl (C=O) groups excluding carboxylic acids is 1. The Bertz CT molecular complexity index is 778. The van der Waals surface area contributed by atoms with E-state index in [1.54, 1.807) is 18.9 Å². The first-order valence-electron chi connectivity index (χ1n) is 13.9. The van der Waals surface area contributed by atoms with Gasteiger partial charge in [0.25, 0.3) is 0 Å². The molecule has 0 N–H and O–H groups in total. The molecule has 4 nitrogen and oxygen atoms in total. The number of carbonyl (C=O) groups is 1. The summed E-state index contributed by atoms with van der Waals surface area (Å²) >= 11 is 1.57. The highest BCUT2D eigenvalue weighted by Crippen LogP contribution is 2.30. The van der Waals surface area contributed by atoms with Crippen LogP contribution < -0.4 is 0 Å². The predicted octanol–water partition coefficient (Wildman–Crippen LogP) is 9.24. The van der Waals surface area contributed by atoms with Crippen molar-refractivity contribution in [1.82, 2.24) is 0 Å². The van der Waals surface area contributed by atoms with Crippen LogP contribution >= 0.6 is 11.8 Å². The van der Waals surface area contributed by atoms with Crippen LogP contribution in [0.4, 0.5) is 0 Å². The molecule has 212 valence electrons. The number of hydrogen-bond acceptors (Lipinski definition) is 5. The third-order valence-electron chi connectivity index (χ3n) is 4.71. The Hall–Kier alpha value is -1.82. The number of benzene rings is 2. The molecule has 0 spiro atoms. The molecule has 1 unspecified atom stereocenters. The van der Waals surface area contributed by atoms with Crippen molar-refractivity contribution in [3.63, 3.8) is 0 Å². The molecule has 0 aliphatic heterocycles. The van der Waals surface area contributed by atoms with Crippen LogP contribution in [0.3, 0.4) is 0 Å². The molecule has 5 heteroatoms. The van der Waals surface area contributed by atoms with Gasteiger partial charge in [-0.1, -0.05) is 71.0 Å². The van der Waals surface area contributed by atoms with Crippen LogP contribution in [0.5, 0.6) is 0 Å². The van der Waals surface area contributed by atoms with Gasteiger partial charge >= 0.3 is 5.97 Å². The van der Waals surface area contributed by atoms with Crippen molar-refractivity contribution >= 4 is 17.7 Å². The van der Waals surface area contributed by atoms with E-state index in [1.807, 2.05) is 69.2 Å². The van der Waals surface area contributed by atoms with E-state index in [9.17, 15) is 4.79 Å². The van der Waals surface area contributed by atoms with Crippen LogP contribution in [0.2, 0.25) is 0 Å². The molecule has 0 fully saturated rings. The molecule has 0 bridgehead atoms. The van der Waals surface area contributed by atoms with Crippen LogP contribution in [-0.2, 0) is 25.4 Å². The maximum absolute atomic E-state index is 12.4. The molecule has 0 amide bonds. The maximum Gasteiger partial charge on any atom is 0.319 e. The highest BCUT2D eigenvalue weighted by molar-refractivity contribution is 8.00. The zero-order chi connectivity index (χ0) is 28.7. The quantitative estimate of drug-likeness (QED) is 0.163. The molecular weight excluding hydrogens is 480 g/mol. The number of thioether (sulfide) groups is 1. The first-order valence-corrected chi connectivity index (χ1v) is 14.8. The van der Waals surface area contributed by atoms with Crippen LogP contribution in [0.1, 0.15) is 87.6 Å². The molecule has 2 aromatic carbocycles. The summed E-state index contributed by atoms with van der Waals surface area (Å²) in [6.07, 6.45) is 2.83. The lowest BCUT2D eigenvalue weighted by Gasteiger charge is -2.23. The van der Waals surface area contributed by atoms with Crippen LogP contribution in [0.15, 0.2) is 53.4 Å². The maximum atomic E-state index is 12.4. The Labute approximate surface area is 232 Å². The van der Waals surface area contributed by atoms with E-state index in [1.165, 1.54) is 16.7 Å². The Morgan fingerprint density at radius 3 is 1.73 bits per heavy atom. The Morgan fingerprint density at radius 2 is 1.32 bits per heavy atom. The van der Waals surface area contributed by atoms with Gasteiger partial charge in [-0.15, -0.1) is 11.8 Å². The number of hydrogen-bond donors (Lipinski definition) is 0. The molecular formula is C32H54O4S. The van der Waals surface area contributed by atoms with Gasteiger partial charge in [-0.2, -0.15) is 0 Å². The minimum atomic E-state index is -0.454. The monoisotopic (exact) mass is 534 g/mol. The fraction of sp³-hybridized carbons (Fsp3) is 0.594. The fourth-order valence-electron chi connectivity index (χ4n) is 2.94. The van der Waals surface area contributed by atoms with Crippen molar-refractivity contribution in [3.8, 4) is 11.1 Å². The summed E-state index contributed by atoms with van der Waals surface area (Å²) in [5, 5.41) is -0.184. The highest BCUT2D eigenvalue weighted by Gasteiger charge is 2.24. The molecule has 2 rings (SSSR count). The standard InChI is InChI=1S/C25H34O3S.C3H8O.2C2H6/c1-6-23(24(26)28-25(3,4)5)29-22-16-14-21(15-17-22)20-12-10-19(11-13-20)9-8-18-27-7-2;1-3-4-2;2*1-2/h10-17,23H,6-9,18H2,1-5H3;3H2,1-2H3;2*1-2H3. The molecule has 0 saturated carbocycles. The minimum Gasteiger partial charge on any atom is -0.459 e. The van der Waals surface area contributed by atoms with E-state index in [-0.39, 0.29) is 11.2 Å². The lowest BCUT2D eigenvalue weighted by Crippen LogP contribution is -2.29. The fourth-order valence-corrected chi connectivity index (χ4v) is 3.88. The number of rotatable bonds is 11. The largest absolute Gasteiger partial charge is 0.459 e. The molecule has 0 radical (unpaired) electrons. The summed E-state index contributed by atoms with van der Waals surface area (Å²) < 4.78 is 15.5. The van der Waals surface area contributed by atoms with Gasteiger partial charge in [-0.05, 0) is 82.7 Å². The van der Waals surface area contributed by atoms with E-state index in [4.69, 9.17) is 9.47 Å². The summed E-state index contributed by atoms with van der Waals surface area (Å²) in [5.41, 5.74) is 3.27. The van der Waals surface area contributed by atoms with E-state index >= 15 is 0 Å². The molecule has 0 aliphatic rings. The van der Waals surface area contributed by atoms with Gasteiger partial charge in [-0.3, -0.25) is 4.79 Å². The summed E-state index contributed by atoms with van der Waals surface area (Å²) in [5.74, 6) is -0.144. The second-order valence-electron chi connectivity index (χ2n) is 8.65. The average Bonchev–Trinajstić information content (AvgIpc) is 2.92. The molecule has 2 aromatic rings. The lowest BCUT2D eigenvalue weighted by molar-refractivity contribution is -0.154. The Morgan fingerprint density at radius 1 is 0.838 bits per heavy atom. The van der Waals surface area contributed by atoms with E-state index < -0.39 is 5.60 Å². The van der Waals surface area contributed by atoms with Gasteiger partial charge in [-0.25, -0.2) is 0 Å². The van der Waals surface area contributed by atoms with E-state index in [2.05, 4.69) is 53.3 Å². The van der Waals surface area contributed by atoms with Crippen molar-refractivity contribution in [2.24, 2.45) is 0 Å². The van der Waals surface area contributed by atoms with Gasteiger partial charge in [0.1, 0.15) is 10.9 Å². The summed E-state index contributed by atoms with van der Waals surface area (Å²) in [4.78, 5) is 13.5. The summed E-state index contributed by atoms with van der Waals surface area (Å²) in [6.45, 7) is 22.1. The highest BCUT2D eigenvalue weighted by atomic mass is 32.2. The molecule has 0 saturated heterocycles. The lowest BCUT2D eigenvalue weighted by atomic mass is 10.0. The SMILES string of the molecule is CC.CC.CCOC.CCOCCCc1ccc(-c2ccc(SC(CC)C(=O)OC(C)(C)C)cc2)cc1. The minimum absolute atomic E-state index is 0.144. The second-order valence-corrected chi connectivity index (χ2v) is 9.92. The van der Waals surface area contributed by atoms with Crippen LogP contribution in [-0.4, -0.2) is 43.8 Å². The van der Waals surface area contributed by atoms with Gasteiger partial charge in [0.05, 0.1) is 0 Å². The van der Waals surface area contributed by atoms with Crippen molar-refractivity contribution < 1.29 is 19.0 Å². The number of aryl methyl sites for hydroxylation is 1. The van der Waals surface area contributed by atoms with Gasteiger partial charge in [0, 0.05) is 31.8 Å². The molecule has 0 aromatic heterocycles. The number of esters is 1. The first kappa shape index (κ1) is 37.3. The zero-order valence-electron chi connectivity index (χ0n) is 25.5. The topological polar surface area (TPSA) is 44.8 Å². The normalized spacial score (nSPS) is 11.0. The van der Waals surface area contributed by atoms with Crippen molar-refractivity contribution in [2.75, 3.05) is 26.9 Å². The molecule has 0 heterocycles. The van der Waals surface area contributed by atoms with Crippen molar-refractivity contribution in [3.05, 3.63) is 54.1 Å². The zero-order valence-corrected chi connectivity index (χ0v) is 26.3. The second kappa shape index (κ2) is 23.3. The number of methoxy groups -OCH3 is 1. The first-order chi connectivity index (χ1) is 17.7. The average molecular weight is 535 g/mol. The predicted molar refractivity (Wildman–Crippen MR) is 163 cm³/mol. The van der Waals surface area contributed by atoms with Crippen molar-refractivity contribution in [2.45, 2.75) is 104 Å². The summed E-state index contributed by atoms with van der Waals surface area (Å²) in [6, 6.07) is 17.1. The van der Waals surface area contributed by atoms with Crippen LogP contribution in [0.25, 0.3) is 11.1 Å². The van der Waals surface area contributed by atoms with Crippen LogP contribution in [0, 0.1) is 0 Å². The van der Waals surface area contributed by atoms with E-state index in [0.717, 1.165) is 44.0 Å². The van der Waals surface area contributed by atoms with Gasteiger partial charge in [0.15, 0.2) is 0 Å². The molecule has 1 atom stereocenters. The summed E-state index contributed by atoms with van der Waals surface area (Å²) in [7, 11) is 1.68. The Kier molecular flexibility index (Phi) is 23.5. The molecule has 37 heavy (non-hydrogen) atoms. The molecule has 0 aliphatic carbocycles. The smallest absolute Gasteiger partial charge is 0.319 e. The Balaban J connectivity index is 0. The third kappa shape index (κ3) is 18.1. The van der Waals surface area contributed by atoms with Gasteiger partial charge < -0.3 is 14.2 Å². The van der Waals surface area contributed by atoms with Crippen molar-refractivity contribution in [1.29, 1.82) is 0 Å². The number of ether oxygens (including phenoxy) is 3. The third-order valence-corrected chi connectivity index (χ3v) is 6.06.